The Bertz CT molecular complexity index is 1130. The van der Waals surface area contributed by atoms with Crippen molar-refractivity contribution in [1.29, 1.82) is 0 Å². The molecule has 10 nitrogen and oxygen atoms in total. The standard InChI is InChI=1S/C16H21N7.C9H18N2O.C2H2/c1-12(2)22-10-14(17-11-22)18-15-13-6-5-9-23(13)20-16(19-15)21-7-3-4-8-21;1-8(2)11-5-3-4-9(6-11)10-7-12;1-2/h5-6,9-12H,3-4,7-8H2,1-2H3,(H,18,19,20);7-9H,3-6H2,1-2H3,(H,10,12);1-2H/t;9-;/m.1./s1. The number of carbonyl (C=O) groups is 1. The highest BCUT2D eigenvalue weighted by molar-refractivity contribution is 5.72. The number of nitrogens with zero attached hydrogens (tertiary/aromatic N) is 7. The van der Waals surface area contributed by atoms with Crippen LogP contribution in [0.4, 0.5) is 17.6 Å². The van der Waals surface area contributed by atoms with E-state index in [4.69, 9.17) is 4.98 Å². The van der Waals surface area contributed by atoms with Crippen molar-refractivity contribution in [2.24, 2.45) is 0 Å². The molecule has 37 heavy (non-hydrogen) atoms. The Morgan fingerprint density at radius 2 is 1.84 bits per heavy atom. The number of likely N-dealkylation sites (tertiary alicyclic amines) is 1. The number of aromatic nitrogens is 5. The number of hydrogen-bond acceptors (Lipinski definition) is 7. The van der Waals surface area contributed by atoms with Gasteiger partial charge in [-0.25, -0.2) is 9.50 Å². The summed E-state index contributed by atoms with van der Waals surface area (Å²) in [7, 11) is 0. The van der Waals surface area contributed by atoms with E-state index >= 15 is 0 Å². The first kappa shape index (κ1) is 28.0. The van der Waals surface area contributed by atoms with E-state index in [0.29, 0.717) is 18.1 Å². The third kappa shape index (κ3) is 7.46. The molecule has 2 aliphatic heterocycles. The number of nitrogens with one attached hydrogen (secondary N) is 2. The topological polar surface area (TPSA) is 95.6 Å². The van der Waals surface area contributed by atoms with Crippen molar-refractivity contribution in [3.05, 3.63) is 30.9 Å². The van der Waals surface area contributed by atoms with Gasteiger partial charge in [-0.3, -0.25) is 9.69 Å². The van der Waals surface area contributed by atoms with E-state index in [2.05, 4.69) is 75.6 Å². The van der Waals surface area contributed by atoms with Crippen molar-refractivity contribution >= 4 is 29.5 Å². The lowest BCUT2D eigenvalue weighted by Crippen LogP contribution is -2.47. The van der Waals surface area contributed by atoms with Crippen LogP contribution < -0.4 is 15.5 Å². The molecule has 0 bridgehead atoms. The third-order valence-corrected chi connectivity index (χ3v) is 6.70. The Balaban J connectivity index is 0.000000231. The molecule has 3 aromatic heterocycles. The Hall–Kier alpha value is -3.58. The van der Waals surface area contributed by atoms with Crippen molar-refractivity contribution in [2.75, 3.05) is 36.4 Å². The molecule has 1 amide bonds. The van der Waals surface area contributed by atoms with Gasteiger partial charge < -0.3 is 20.1 Å². The highest BCUT2D eigenvalue weighted by atomic mass is 16.1. The zero-order valence-electron chi connectivity index (χ0n) is 22.5. The van der Waals surface area contributed by atoms with Crippen LogP contribution in [0.3, 0.4) is 0 Å². The number of carbonyl (C=O) groups excluding carboxylic acids is 1. The van der Waals surface area contributed by atoms with Crippen LogP contribution in [-0.4, -0.2) is 73.7 Å². The van der Waals surface area contributed by atoms with Crippen molar-refractivity contribution in [2.45, 2.75) is 71.5 Å². The van der Waals surface area contributed by atoms with Crippen molar-refractivity contribution in [1.82, 2.24) is 34.4 Å². The number of rotatable bonds is 7. The maximum Gasteiger partial charge on any atom is 0.245 e. The summed E-state index contributed by atoms with van der Waals surface area (Å²) in [5, 5.41) is 10.8. The fourth-order valence-corrected chi connectivity index (χ4v) is 4.58. The van der Waals surface area contributed by atoms with Crippen LogP contribution in [-0.2, 0) is 4.79 Å². The molecule has 0 saturated carbocycles. The van der Waals surface area contributed by atoms with Crippen molar-refractivity contribution in [3.63, 3.8) is 0 Å². The van der Waals surface area contributed by atoms with Crippen LogP contribution in [0, 0.1) is 12.8 Å². The summed E-state index contributed by atoms with van der Waals surface area (Å²) in [5.41, 5.74) is 0.951. The van der Waals surface area contributed by atoms with E-state index in [1.54, 1.807) is 0 Å². The number of hydrogen-bond donors (Lipinski definition) is 2. The predicted molar refractivity (Wildman–Crippen MR) is 149 cm³/mol. The van der Waals surface area contributed by atoms with Gasteiger partial charge in [-0.2, -0.15) is 4.98 Å². The fourth-order valence-electron chi connectivity index (χ4n) is 4.58. The highest BCUT2D eigenvalue weighted by Crippen LogP contribution is 2.24. The number of imidazole rings is 1. The molecule has 0 radical (unpaired) electrons. The molecule has 0 spiro atoms. The number of amides is 1. The van der Waals surface area contributed by atoms with Gasteiger partial charge in [0.2, 0.25) is 12.4 Å². The Labute approximate surface area is 220 Å². The first-order valence-electron chi connectivity index (χ1n) is 13.1. The molecule has 0 aliphatic carbocycles. The Morgan fingerprint density at radius 1 is 1.08 bits per heavy atom. The van der Waals surface area contributed by atoms with Gasteiger partial charge in [0, 0.05) is 50.2 Å². The lowest BCUT2D eigenvalue weighted by atomic mass is 10.0. The normalized spacial score (nSPS) is 17.7. The van der Waals surface area contributed by atoms with Crippen LogP contribution in [0.1, 0.15) is 59.4 Å². The van der Waals surface area contributed by atoms with E-state index < -0.39 is 0 Å². The van der Waals surface area contributed by atoms with Gasteiger partial charge in [-0.15, -0.1) is 17.9 Å². The van der Waals surface area contributed by atoms with E-state index in [1.165, 1.54) is 25.8 Å². The number of terminal acetylenes is 1. The molecular weight excluding hydrogens is 466 g/mol. The molecule has 3 aromatic rings. The molecule has 2 saturated heterocycles. The summed E-state index contributed by atoms with van der Waals surface area (Å²) in [6.07, 6.45) is 19.3. The van der Waals surface area contributed by atoms with Gasteiger partial charge in [0.15, 0.2) is 5.82 Å². The second kappa shape index (κ2) is 13.7. The summed E-state index contributed by atoms with van der Waals surface area (Å²) in [5.74, 6) is 2.37. The minimum Gasteiger partial charge on any atom is -0.355 e. The molecule has 0 aromatic carbocycles. The highest BCUT2D eigenvalue weighted by Gasteiger charge is 2.20. The number of fused-ring (bicyclic) bond motifs is 1. The Kier molecular flexibility index (Phi) is 10.3. The maximum absolute atomic E-state index is 10.2. The van der Waals surface area contributed by atoms with Gasteiger partial charge in [0.1, 0.15) is 11.3 Å². The average molecular weight is 508 g/mol. The van der Waals surface area contributed by atoms with Crippen LogP contribution in [0.5, 0.6) is 0 Å². The number of anilines is 3. The van der Waals surface area contributed by atoms with Crippen molar-refractivity contribution in [3.8, 4) is 12.8 Å². The largest absolute Gasteiger partial charge is 0.355 e. The predicted octanol–water partition coefficient (Wildman–Crippen LogP) is 3.71. The summed E-state index contributed by atoms with van der Waals surface area (Å²) in [6, 6.07) is 5.35. The van der Waals surface area contributed by atoms with Gasteiger partial charge >= 0.3 is 0 Å². The smallest absolute Gasteiger partial charge is 0.245 e. The maximum atomic E-state index is 10.2. The minimum absolute atomic E-state index is 0.374. The fraction of sp³-hybridized carbons (Fsp3) is 0.556. The summed E-state index contributed by atoms with van der Waals surface area (Å²) >= 11 is 0. The molecule has 0 unspecified atom stereocenters. The summed E-state index contributed by atoms with van der Waals surface area (Å²) in [6.45, 7) is 12.9. The second-order valence-corrected chi connectivity index (χ2v) is 9.93. The third-order valence-electron chi connectivity index (χ3n) is 6.70. The quantitative estimate of drug-likeness (QED) is 0.372. The molecule has 200 valence electrons. The van der Waals surface area contributed by atoms with Gasteiger partial charge in [-0.05, 0) is 72.1 Å². The van der Waals surface area contributed by atoms with E-state index in [-0.39, 0.29) is 0 Å². The monoisotopic (exact) mass is 507 g/mol. The van der Waals surface area contributed by atoms with E-state index in [9.17, 15) is 4.79 Å². The first-order valence-corrected chi connectivity index (χ1v) is 13.1. The van der Waals surface area contributed by atoms with Crippen LogP contribution in [0.2, 0.25) is 0 Å². The van der Waals surface area contributed by atoms with E-state index in [0.717, 1.165) is 55.6 Å². The van der Waals surface area contributed by atoms with Crippen molar-refractivity contribution < 1.29 is 4.79 Å². The molecular formula is C27H41N9O. The molecule has 5 heterocycles. The molecule has 5 rings (SSSR count). The summed E-state index contributed by atoms with van der Waals surface area (Å²) < 4.78 is 3.95. The summed E-state index contributed by atoms with van der Waals surface area (Å²) in [4.78, 5) is 24.0. The van der Waals surface area contributed by atoms with Crippen LogP contribution in [0.15, 0.2) is 30.9 Å². The zero-order valence-corrected chi connectivity index (χ0v) is 22.5. The van der Waals surface area contributed by atoms with E-state index in [1.807, 2.05) is 35.4 Å². The molecule has 10 heteroatoms. The Morgan fingerprint density at radius 3 is 2.49 bits per heavy atom. The SMILES string of the molecule is C#C.CC(C)N1CCC[C@@H](NC=O)C1.CC(C)n1cnc(Nc2nc(N3CCCC3)nn3cccc23)c1. The number of piperidine rings is 1. The molecule has 2 aliphatic rings. The lowest BCUT2D eigenvalue weighted by Gasteiger charge is -2.34. The minimum atomic E-state index is 0.374. The van der Waals surface area contributed by atoms with Gasteiger partial charge in [0.25, 0.3) is 0 Å². The van der Waals surface area contributed by atoms with Gasteiger partial charge in [0.05, 0.1) is 6.33 Å². The van der Waals surface area contributed by atoms with Gasteiger partial charge in [-0.1, -0.05) is 0 Å². The molecule has 2 N–H and O–H groups in total. The molecule has 2 fully saturated rings. The molecule has 1 atom stereocenters. The van der Waals surface area contributed by atoms with Crippen LogP contribution in [0.25, 0.3) is 5.52 Å². The van der Waals surface area contributed by atoms with Crippen LogP contribution >= 0.6 is 0 Å². The lowest BCUT2D eigenvalue weighted by molar-refractivity contribution is -0.110. The second-order valence-electron chi connectivity index (χ2n) is 9.93. The first-order chi connectivity index (χ1) is 17.9. The average Bonchev–Trinajstić information content (AvgIpc) is 3.68. The zero-order chi connectivity index (χ0) is 26.8.